The van der Waals surface area contributed by atoms with E-state index in [-0.39, 0.29) is 23.3 Å². The Morgan fingerprint density at radius 3 is 2.56 bits per heavy atom. The average Bonchev–Trinajstić information content (AvgIpc) is 2.81. The summed E-state index contributed by atoms with van der Waals surface area (Å²) < 4.78 is 17.7. The number of carbonyl (C=O) groups is 1. The fourth-order valence-corrected chi connectivity index (χ4v) is 1.40. The lowest BCUT2D eigenvalue weighted by Crippen LogP contribution is -2.12. The molecule has 1 heterocycles. The van der Waals surface area contributed by atoms with Crippen LogP contribution >= 0.6 is 0 Å². The van der Waals surface area contributed by atoms with Gasteiger partial charge in [0, 0.05) is 17.7 Å². The van der Waals surface area contributed by atoms with Crippen molar-refractivity contribution in [3.8, 4) is 0 Å². The van der Waals surface area contributed by atoms with E-state index in [4.69, 9.17) is 4.52 Å². The fraction of sp³-hybridized carbons (Fsp3) is 0.231. The summed E-state index contributed by atoms with van der Waals surface area (Å²) in [5, 5.41) is 6.30. The molecule has 1 N–H and O–H groups in total. The van der Waals surface area contributed by atoms with Gasteiger partial charge in [-0.15, -0.1) is 0 Å². The van der Waals surface area contributed by atoms with Gasteiger partial charge < -0.3 is 9.84 Å². The summed E-state index contributed by atoms with van der Waals surface area (Å²) in [6, 6.07) is 7.12. The summed E-state index contributed by atoms with van der Waals surface area (Å²) in [5.74, 6) is 0.0953. The molecule has 4 nitrogen and oxygen atoms in total. The summed E-state index contributed by atoms with van der Waals surface area (Å²) >= 11 is 0. The Bertz CT molecular complexity index is 546. The molecule has 0 spiro atoms. The molecule has 0 saturated heterocycles. The standard InChI is InChI=1S/C13H13FN2O2/c1-8(2)12-7-11(16-18-12)13(17)15-10-5-3-9(14)4-6-10/h3-8H,1-2H3,(H,15,17). The number of anilines is 1. The Morgan fingerprint density at radius 1 is 1.33 bits per heavy atom. The lowest BCUT2D eigenvalue weighted by Gasteiger charge is -2.01. The van der Waals surface area contributed by atoms with Gasteiger partial charge in [-0.1, -0.05) is 19.0 Å². The third-order valence-electron chi connectivity index (χ3n) is 2.43. The SMILES string of the molecule is CC(C)c1cc(C(=O)Nc2ccc(F)cc2)no1. The molecule has 5 heteroatoms. The van der Waals surface area contributed by atoms with E-state index in [0.29, 0.717) is 11.4 Å². The van der Waals surface area contributed by atoms with Crippen molar-refractivity contribution in [3.05, 3.63) is 47.6 Å². The number of hydrogen-bond acceptors (Lipinski definition) is 3. The summed E-state index contributed by atoms with van der Waals surface area (Å²) in [4.78, 5) is 11.8. The molecule has 0 bridgehead atoms. The number of benzene rings is 1. The topological polar surface area (TPSA) is 55.1 Å². The lowest BCUT2D eigenvalue weighted by molar-refractivity contribution is 0.101. The van der Waals surface area contributed by atoms with Crippen LogP contribution in [0.25, 0.3) is 0 Å². The zero-order chi connectivity index (χ0) is 13.1. The van der Waals surface area contributed by atoms with Crippen LogP contribution < -0.4 is 5.32 Å². The molecule has 94 valence electrons. The summed E-state index contributed by atoms with van der Waals surface area (Å²) in [6.07, 6.45) is 0. The van der Waals surface area contributed by atoms with Gasteiger partial charge in [-0.3, -0.25) is 4.79 Å². The van der Waals surface area contributed by atoms with Crippen molar-refractivity contribution in [2.24, 2.45) is 0 Å². The average molecular weight is 248 g/mol. The van der Waals surface area contributed by atoms with Gasteiger partial charge in [0.05, 0.1) is 0 Å². The van der Waals surface area contributed by atoms with Gasteiger partial charge >= 0.3 is 0 Å². The smallest absolute Gasteiger partial charge is 0.277 e. The maximum Gasteiger partial charge on any atom is 0.277 e. The minimum absolute atomic E-state index is 0.171. The first-order valence-electron chi connectivity index (χ1n) is 5.60. The van der Waals surface area contributed by atoms with Crippen LogP contribution in [0.4, 0.5) is 10.1 Å². The highest BCUT2D eigenvalue weighted by Crippen LogP contribution is 2.16. The minimum atomic E-state index is -0.378. The second kappa shape index (κ2) is 5.00. The molecular weight excluding hydrogens is 235 g/mol. The number of hydrogen-bond donors (Lipinski definition) is 1. The molecule has 0 aliphatic heterocycles. The van der Waals surface area contributed by atoms with Crippen molar-refractivity contribution in [2.45, 2.75) is 19.8 Å². The molecule has 0 atom stereocenters. The van der Waals surface area contributed by atoms with E-state index < -0.39 is 0 Å². The van der Waals surface area contributed by atoms with Crippen LogP contribution in [-0.2, 0) is 0 Å². The third kappa shape index (κ3) is 2.74. The Morgan fingerprint density at radius 2 is 2.00 bits per heavy atom. The maximum atomic E-state index is 12.7. The van der Waals surface area contributed by atoms with Crippen LogP contribution in [-0.4, -0.2) is 11.1 Å². The summed E-state index contributed by atoms with van der Waals surface area (Å²) in [5.41, 5.74) is 0.721. The molecule has 2 rings (SSSR count). The largest absolute Gasteiger partial charge is 0.360 e. The molecule has 0 aliphatic carbocycles. The van der Waals surface area contributed by atoms with Gasteiger partial charge in [0.1, 0.15) is 11.6 Å². The number of amides is 1. The third-order valence-corrected chi connectivity index (χ3v) is 2.43. The molecule has 0 fully saturated rings. The van der Waals surface area contributed by atoms with E-state index in [1.54, 1.807) is 6.07 Å². The van der Waals surface area contributed by atoms with Gasteiger partial charge in [0.2, 0.25) is 0 Å². The predicted octanol–water partition coefficient (Wildman–Crippen LogP) is 3.19. The molecule has 1 aromatic carbocycles. The number of aromatic nitrogens is 1. The monoisotopic (exact) mass is 248 g/mol. The summed E-state index contributed by atoms with van der Waals surface area (Å²) in [6.45, 7) is 3.89. The Kier molecular flexibility index (Phi) is 3.41. The summed E-state index contributed by atoms with van der Waals surface area (Å²) in [7, 11) is 0. The fourth-order valence-electron chi connectivity index (χ4n) is 1.40. The Labute approximate surface area is 104 Å². The molecular formula is C13H13FN2O2. The van der Waals surface area contributed by atoms with Crippen molar-refractivity contribution in [3.63, 3.8) is 0 Å². The van der Waals surface area contributed by atoms with Gasteiger partial charge in [-0.2, -0.15) is 0 Å². The molecule has 0 radical (unpaired) electrons. The predicted molar refractivity (Wildman–Crippen MR) is 64.9 cm³/mol. The zero-order valence-corrected chi connectivity index (χ0v) is 10.1. The van der Waals surface area contributed by atoms with E-state index >= 15 is 0 Å². The highest BCUT2D eigenvalue weighted by atomic mass is 19.1. The zero-order valence-electron chi connectivity index (χ0n) is 10.1. The van der Waals surface area contributed by atoms with Crippen molar-refractivity contribution < 1.29 is 13.7 Å². The first-order valence-corrected chi connectivity index (χ1v) is 5.60. The van der Waals surface area contributed by atoms with Crippen molar-refractivity contribution >= 4 is 11.6 Å². The number of carbonyl (C=O) groups excluding carboxylic acids is 1. The van der Waals surface area contributed by atoms with Crippen molar-refractivity contribution in [1.82, 2.24) is 5.16 Å². The van der Waals surface area contributed by atoms with Crippen LogP contribution in [0.5, 0.6) is 0 Å². The van der Waals surface area contributed by atoms with Gasteiger partial charge in [-0.05, 0) is 24.3 Å². The molecule has 1 amide bonds. The minimum Gasteiger partial charge on any atom is -0.360 e. The van der Waals surface area contributed by atoms with E-state index in [1.165, 1.54) is 24.3 Å². The first kappa shape index (κ1) is 12.3. The highest BCUT2D eigenvalue weighted by molar-refractivity contribution is 6.02. The molecule has 0 unspecified atom stereocenters. The second-order valence-corrected chi connectivity index (χ2v) is 4.23. The van der Waals surface area contributed by atoms with Crippen LogP contribution in [0, 0.1) is 5.82 Å². The molecule has 2 aromatic rings. The van der Waals surface area contributed by atoms with Gasteiger partial charge in [0.25, 0.3) is 5.91 Å². The van der Waals surface area contributed by atoms with E-state index in [9.17, 15) is 9.18 Å². The second-order valence-electron chi connectivity index (χ2n) is 4.23. The normalized spacial score (nSPS) is 10.7. The number of rotatable bonds is 3. The van der Waals surface area contributed by atoms with E-state index in [1.807, 2.05) is 13.8 Å². The van der Waals surface area contributed by atoms with Crippen molar-refractivity contribution in [2.75, 3.05) is 5.32 Å². The first-order chi connectivity index (χ1) is 8.56. The lowest BCUT2D eigenvalue weighted by atomic mass is 10.1. The van der Waals surface area contributed by atoms with Crippen LogP contribution in [0.15, 0.2) is 34.9 Å². The molecule has 1 aromatic heterocycles. The quantitative estimate of drug-likeness (QED) is 0.907. The molecule has 18 heavy (non-hydrogen) atoms. The van der Waals surface area contributed by atoms with Gasteiger partial charge in [0.15, 0.2) is 5.69 Å². The number of nitrogens with zero attached hydrogens (tertiary/aromatic N) is 1. The van der Waals surface area contributed by atoms with Crippen LogP contribution in [0.3, 0.4) is 0 Å². The van der Waals surface area contributed by atoms with E-state index in [2.05, 4.69) is 10.5 Å². The van der Waals surface area contributed by atoms with E-state index in [0.717, 1.165) is 0 Å². The van der Waals surface area contributed by atoms with Crippen LogP contribution in [0.2, 0.25) is 0 Å². The molecule has 0 aliphatic rings. The van der Waals surface area contributed by atoms with Crippen molar-refractivity contribution in [1.29, 1.82) is 0 Å². The highest BCUT2D eigenvalue weighted by Gasteiger charge is 2.14. The molecule has 0 saturated carbocycles. The van der Waals surface area contributed by atoms with Crippen LogP contribution in [0.1, 0.15) is 36.0 Å². The Hall–Kier alpha value is -2.17. The maximum absolute atomic E-state index is 12.7. The van der Waals surface area contributed by atoms with Gasteiger partial charge in [-0.25, -0.2) is 4.39 Å². The number of halogens is 1. The number of nitrogens with one attached hydrogen (secondary N) is 1. The Balaban J connectivity index is 2.09.